The van der Waals surface area contributed by atoms with Gasteiger partial charge in [-0.1, -0.05) is 90.5 Å². The van der Waals surface area contributed by atoms with Crippen LogP contribution in [0.2, 0.25) is 0 Å². The lowest BCUT2D eigenvalue weighted by Gasteiger charge is -2.37. The fourth-order valence-corrected chi connectivity index (χ4v) is 3.51. The number of hydrogen-bond acceptors (Lipinski definition) is 2. The van der Waals surface area contributed by atoms with Crippen LogP contribution in [0.3, 0.4) is 0 Å². The summed E-state index contributed by atoms with van der Waals surface area (Å²) in [5, 5.41) is 0. The summed E-state index contributed by atoms with van der Waals surface area (Å²) in [6.45, 7) is 0. The van der Waals surface area contributed by atoms with Crippen molar-refractivity contribution in [2.45, 2.75) is 4.87 Å². The number of para-hydroxylation sites is 1. The molecule has 3 nitrogen and oxygen atoms in total. The zero-order valence-corrected chi connectivity index (χ0v) is 15.1. The third-order valence-electron chi connectivity index (χ3n) is 4.60. The van der Waals surface area contributed by atoms with Crippen LogP contribution in [0.1, 0.15) is 11.1 Å². The van der Waals surface area contributed by atoms with E-state index in [1.54, 1.807) is 24.3 Å². The van der Waals surface area contributed by atoms with Crippen LogP contribution in [0.15, 0.2) is 97.1 Å². The predicted octanol–water partition coefficient (Wildman–Crippen LogP) is 4.78. The SMILES string of the molecule is O=C1C=C(c2ccccc2)N(c2ccccc2)C(=O)[C@]1(Cl)c1ccccc1. The van der Waals surface area contributed by atoms with E-state index < -0.39 is 16.6 Å². The molecule has 0 N–H and O–H groups in total. The van der Waals surface area contributed by atoms with Crippen molar-refractivity contribution >= 4 is 34.7 Å². The fourth-order valence-electron chi connectivity index (χ4n) is 3.25. The molecule has 0 bridgehead atoms. The molecule has 1 heterocycles. The van der Waals surface area contributed by atoms with Crippen LogP contribution < -0.4 is 4.90 Å². The highest BCUT2D eigenvalue weighted by molar-refractivity contribution is 6.52. The molecule has 132 valence electrons. The summed E-state index contributed by atoms with van der Waals surface area (Å²) in [5.74, 6) is -0.917. The molecule has 1 atom stereocenters. The molecule has 0 unspecified atom stereocenters. The van der Waals surface area contributed by atoms with Crippen LogP contribution in [0.25, 0.3) is 5.70 Å². The molecule has 0 aromatic heterocycles. The van der Waals surface area contributed by atoms with Crippen molar-refractivity contribution in [3.05, 3.63) is 108 Å². The Morgan fingerprint density at radius 3 is 1.81 bits per heavy atom. The number of benzene rings is 3. The molecular weight excluding hydrogens is 358 g/mol. The number of ketones is 1. The molecule has 0 saturated carbocycles. The lowest BCUT2D eigenvalue weighted by atomic mass is 9.87. The molecule has 4 rings (SSSR count). The number of alkyl halides is 1. The van der Waals surface area contributed by atoms with E-state index in [1.807, 2.05) is 66.7 Å². The van der Waals surface area contributed by atoms with Crippen molar-refractivity contribution in [2.24, 2.45) is 0 Å². The van der Waals surface area contributed by atoms with Gasteiger partial charge in [0.15, 0.2) is 5.78 Å². The first-order chi connectivity index (χ1) is 13.1. The van der Waals surface area contributed by atoms with E-state index in [9.17, 15) is 9.59 Å². The number of carbonyl (C=O) groups excluding carboxylic acids is 2. The van der Waals surface area contributed by atoms with Crippen LogP contribution in [0.5, 0.6) is 0 Å². The Morgan fingerprint density at radius 1 is 0.704 bits per heavy atom. The van der Waals surface area contributed by atoms with E-state index in [4.69, 9.17) is 11.6 Å². The van der Waals surface area contributed by atoms with E-state index >= 15 is 0 Å². The number of carbonyl (C=O) groups is 2. The number of hydrogen-bond donors (Lipinski definition) is 0. The zero-order chi connectivity index (χ0) is 18.9. The normalized spacial score (nSPS) is 19.7. The molecule has 0 spiro atoms. The maximum atomic E-state index is 13.6. The van der Waals surface area contributed by atoms with Gasteiger partial charge in [0.2, 0.25) is 4.87 Å². The second-order valence-electron chi connectivity index (χ2n) is 6.26. The van der Waals surface area contributed by atoms with Gasteiger partial charge in [-0.3, -0.25) is 14.5 Å². The summed E-state index contributed by atoms with van der Waals surface area (Å²) < 4.78 is 0. The lowest BCUT2D eigenvalue weighted by molar-refractivity contribution is -0.128. The molecule has 1 amide bonds. The summed E-state index contributed by atoms with van der Waals surface area (Å²) in [4.78, 5) is 26.3. The Hall–Kier alpha value is -3.17. The summed E-state index contributed by atoms with van der Waals surface area (Å²) in [7, 11) is 0. The number of nitrogens with zero attached hydrogens (tertiary/aromatic N) is 1. The van der Waals surface area contributed by atoms with Crippen molar-refractivity contribution in [1.29, 1.82) is 0 Å². The molecule has 4 heteroatoms. The minimum absolute atomic E-state index is 0.439. The summed E-state index contributed by atoms with van der Waals surface area (Å²) in [6.07, 6.45) is 1.46. The number of rotatable bonds is 3. The first-order valence-electron chi connectivity index (χ1n) is 8.58. The van der Waals surface area contributed by atoms with Crippen molar-refractivity contribution in [1.82, 2.24) is 0 Å². The zero-order valence-electron chi connectivity index (χ0n) is 14.4. The molecule has 0 aliphatic carbocycles. The molecule has 3 aromatic rings. The Balaban J connectivity index is 1.94. The van der Waals surface area contributed by atoms with E-state index in [0.29, 0.717) is 16.9 Å². The summed E-state index contributed by atoms with van der Waals surface area (Å²) in [6, 6.07) is 27.3. The van der Waals surface area contributed by atoms with E-state index in [0.717, 1.165) is 5.56 Å². The second kappa shape index (κ2) is 6.86. The summed E-state index contributed by atoms with van der Waals surface area (Å²) >= 11 is 6.71. The monoisotopic (exact) mass is 373 g/mol. The van der Waals surface area contributed by atoms with Gasteiger partial charge in [-0.25, -0.2) is 0 Å². The van der Waals surface area contributed by atoms with Crippen LogP contribution in [-0.4, -0.2) is 11.7 Å². The minimum atomic E-state index is -1.78. The van der Waals surface area contributed by atoms with Gasteiger partial charge in [0.25, 0.3) is 5.91 Å². The van der Waals surface area contributed by atoms with Gasteiger partial charge < -0.3 is 0 Å². The molecule has 1 aliphatic heterocycles. The van der Waals surface area contributed by atoms with Gasteiger partial charge in [-0.2, -0.15) is 0 Å². The third-order valence-corrected chi connectivity index (χ3v) is 5.17. The molecule has 0 radical (unpaired) electrons. The lowest BCUT2D eigenvalue weighted by Crippen LogP contribution is -2.51. The van der Waals surface area contributed by atoms with E-state index in [1.165, 1.54) is 11.0 Å². The van der Waals surface area contributed by atoms with Crippen molar-refractivity contribution in [3.8, 4) is 0 Å². The highest BCUT2D eigenvalue weighted by atomic mass is 35.5. The molecule has 27 heavy (non-hydrogen) atoms. The molecular formula is C23H16ClNO2. The Bertz CT molecular complexity index is 1020. The molecule has 3 aromatic carbocycles. The topological polar surface area (TPSA) is 37.4 Å². The average Bonchev–Trinajstić information content (AvgIpc) is 2.73. The molecule has 0 fully saturated rings. The van der Waals surface area contributed by atoms with Crippen LogP contribution >= 0.6 is 11.6 Å². The second-order valence-corrected chi connectivity index (χ2v) is 6.83. The van der Waals surface area contributed by atoms with Gasteiger partial charge in [0.1, 0.15) is 0 Å². The van der Waals surface area contributed by atoms with Crippen LogP contribution in [0.4, 0.5) is 5.69 Å². The smallest absolute Gasteiger partial charge is 0.265 e. The van der Waals surface area contributed by atoms with Gasteiger partial charge >= 0.3 is 0 Å². The van der Waals surface area contributed by atoms with Crippen molar-refractivity contribution in [3.63, 3.8) is 0 Å². The number of halogens is 1. The van der Waals surface area contributed by atoms with Gasteiger partial charge in [-0.15, -0.1) is 0 Å². The maximum absolute atomic E-state index is 13.6. The van der Waals surface area contributed by atoms with Gasteiger partial charge in [0, 0.05) is 11.8 Å². The van der Waals surface area contributed by atoms with E-state index in [2.05, 4.69) is 0 Å². The maximum Gasteiger partial charge on any atom is 0.265 e. The van der Waals surface area contributed by atoms with E-state index in [-0.39, 0.29) is 0 Å². The Kier molecular flexibility index (Phi) is 4.38. The van der Waals surface area contributed by atoms with Gasteiger partial charge in [-0.05, 0) is 23.3 Å². The first kappa shape index (κ1) is 17.3. The molecule has 0 saturated heterocycles. The Morgan fingerprint density at radius 2 is 1.22 bits per heavy atom. The van der Waals surface area contributed by atoms with Crippen LogP contribution in [0, 0.1) is 0 Å². The quantitative estimate of drug-likeness (QED) is 0.489. The largest absolute Gasteiger partial charge is 0.292 e. The third kappa shape index (κ3) is 2.86. The van der Waals surface area contributed by atoms with Gasteiger partial charge in [0.05, 0.1) is 5.70 Å². The van der Waals surface area contributed by atoms with Crippen LogP contribution in [-0.2, 0) is 14.5 Å². The summed E-state index contributed by atoms with van der Waals surface area (Å²) in [5.41, 5.74) is 2.41. The molecule has 1 aliphatic rings. The number of amides is 1. The number of anilines is 1. The standard InChI is InChI=1S/C23H16ClNO2/c24-23(18-12-6-2-7-13-18)21(26)16-20(17-10-4-1-5-11-17)25(22(23)27)19-14-8-3-9-15-19/h1-16H/t23-/m0/s1. The Labute approximate surface area is 162 Å². The van der Waals surface area contributed by atoms with Crippen molar-refractivity contribution in [2.75, 3.05) is 4.90 Å². The predicted molar refractivity (Wildman–Crippen MR) is 107 cm³/mol. The fraction of sp³-hybridized carbons (Fsp3) is 0.0435. The number of allylic oxidation sites excluding steroid dienone is 1. The highest BCUT2D eigenvalue weighted by Gasteiger charge is 2.51. The highest BCUT2D eigenvalue weighted by Crippen LogP contribution is 2.42. The average molecular weight is 374 g/mol. The first-order valence-corrected chi connectivity index (χ1v) is 8.96. The van der Waals surface area contributed by atoms with Crippen molar-refractivity contribution < 1.29 is 9.59 Å². The minimum Gasteiger partial charge on any atom is -0.292 e.